The zero-order valence-corrected chi connectivity index (χ0v) is 9.97. The predicted octanol–water partition coefficient (Wildman–Crippen LogP) is 2.46. The van der Waals surface area contributed by atoms with E-state index >= 15 is 0 Å². The van der Waals surface area contributed by atoms with Crippen molar-refractivity contribution in [1.82, 2.24) is 5.32 Å². The van der Waals surface area contributed by atoms with Gasteiger partial charge in [0.25, 0.3) is 0 Å². The number of hydrogen-bond acceptors (Lipinski definition) is 2. The van der Waals surface area contributed by atoms with E-state index in [4.69, 9.17) is 0 Å². The van der Waals surface area contributed by atoms with Gasteiger partial charge in [-0.3, -0.25) is 0 Å². The summed E-state index contributed by atoms with van der Waals surface area (Å²) in [5.41, 5.74) is -0.382. The average Bonchev–Trinajstić information content (AvgIpc) is 2.85. The molecule has 2 aliphatic rings. The fourth-order valence-corrected chi connectivity index (χ4v) is 3.18. The molecule has 0 bridgehead atoms. The van der Waals surface area contributed by atoms with Crippen LogP contribution in [0.5, 0.6) is 0 Å². The van der Waals surface area contributed by atoms with E-state index in [1.807, 2.05) is 0 Å². The minimum absolute atomic E-state index is 0.382. The SMILES string of the molecule is C[C@@H](NCC1(O)CCCC1)C1CCCC1. The van der Waals surface area contributed by atoms with Crippen LogP contribution in [0.2, 0.25) is 0 Å². The van der Waals surface area contributed by atoms with Crippen LogP contribution in [0.15, 0.2) is 0 Å². The Kier molecular flexibility index (Phi) is 3.68. The molecule has 2 saturated carbocycles. The molecule has 0 aromatic heterocycles. The molecule has 1 atom stereocenters. The second-order valence-corrected chi connectivity index (χ2v) is 5.65. The summed E-state index contributed by atoms with van der Waals surface area (Å²) >= 11 is 0. The van der Waals surface area contributed by atoms with E-state index < -0.39 is 0 Å². The normalized spacial score (nSPS) is 28.4. The second kappa shape index (κ2) is 4.84. The Morgan fingerprint density at radius 1 is 1.20 bits per heavy atom. The molecule has 0 aromatic rings. The van der Waals surface area contributed by atoms with Gasteiger partial charge in [0.15, 0.2) is 0 Å². The second-order valence-electron chi connectivity index (χ2n) is 5.65. The monoisotopic (exact) mass is 211 g/mol. The highest BCUT2D eigenvalue weighted by Crippen LogP contribution is 2.30. The Balaban J connectivity index is 1.72. The molecular formula is C13H25NO. The first kappa shape index (κ1) is 11.4. The number of aliphatic hydroxyl groups is 1. The highest BCUT2D eigenvalue weighted by molar-refractivity contribution is 4.88. The van der Waals surface area contributed by atoms with Crippen molar-refractivity contribution in [2.75, 3.05) is 6.54 Å². The van der Waals surface area contributed by atoms with Crippen molar-refractivity contribution in [2.45, 2.75) is 69.9 Å². The first-order valence-corrected chi connectivity index (χ1v) is 6.65. The molecule has 2 N–H and O–H groups in total. The van der Waals surface area contributed by atoms with Gasteiger partial charge in [-0.25, -0.2) is 0 Å². The van der Waals surface area contributed by atoms with Crippen LogP contribution in [0.4, 0.5) is 0 Å². The van der Waals surface area contributed by atoms with E-state index in [-0.39, 0.29) is 5.60 Å². The van der Waals surface area contributed by atoms with Crippen LogP contribution in [-0.4, -0.2) is 23.3 Å². The van der Waals surface area contributed by atoms with Gasteiger partial charge in [0.1, 0.15) is 0 Å². The first-order chi connectivity index (χ1) is 7.20. The molecule has 2 rings (SSSR count). The molecule has 0 saturated heterocycles. The molecular weight excluding hydrogens is 186 g/mol. The van der Waals surface area contributed by atoms with Crippen LogP contribution in [-0.2, 0) is 0 Å². The molecule has 88 valence electrons. The quantitative estimate of drug-likeness (QED) is 0.748. The minimum Gasteiger partial charge on any atom is -0.389 e. The van der Waals surface area contributed by atoms with Crippen molar-refractivity contribution in [3.63, 3.8) is 0 Å². The van der Waals surface area contributed by atoms with Gasteiger partial charge in [0, 0.05) is 12.6 Å². The third kappa shape index (κ3) is 2.94. The van der Waals surface area contributed by atoms with E-state index in [1.54, 1.807) is 0 Å². The van der Waals surface area contributed by atoms with Gasteiger partial charge in [0.05, 0.1) is 5.60 Å². The molecule has 0 spiro atoms. The minimum atomic E-state index is -0.382. The summed E-state index contributed by atoms with van der Waals surface area (Å²) in [6.45, 7) is 3.10. The van der Waals surface area contributed by atoms with Gasteiger partial charge in [-0.05, 0) is 38.5 Å². The lowest BCUT2D eigenvalue weighted by atomic mass is 9.97. The van der Waals surface area contributed by atoms with Crippen LogP contribution < -0.4 is 5.32 Å². The molecule has 2 aliphatic carbocycles. The summed E-state index contributed by atoms with van der Waals surface area (Å²) in [6.07, 6.45) is 9.97. The Bertz CT molecular complexity index is 193. The van der Waals surface area contributed by atoms with Gasteiger partial charge in [0.2, 0.25) is 0 Å². The lowest BCUT2D eigenvalue weighted by Crippen LogP contribution is -2.43. The molecule has 15 heavy (non-hydrogen) atoms. The highest BCUT2D eigenvalue weighted by Gasteiger charge is 2.32. The topological polar surface area (TPSA) is 32.3 Å². The Morgan fingerprint density at radius 2 is 1.80 bits per heavy atom. The molecule has 2 heteroatoms. The fourth-order valence-electron chi connectivity index (χ4n) is 3.18. The highest BCUT2D eigenvalue weighted by atomic mass is 16.3. The Labute approximate surface area is 93.5 Å². The van der Waals surface area contributed by atoms with Gasteiger partial charge in [-0.15, -0.1) is 0 Å². The molecule has 2 fully saturated rings. The van der Waals surface area contributed by atoms with Gasteiger partial charge in [-0.1, -0.05) is 25.7 Å². The average molecular weight is 211 g/mol. The summed E-state index contributed by atoms with van der Waals surface area (Å²) in [7, 11) is 0. The summed E-state index contributed by atoms with van der Waals surface area (Å²) in [6, 6.07) is 0.595. The van der Waals surface area contributed by atoms with Crippen molar-refractivity contribution in [3.05, 3.63) is 0 Å². The zero-order chi connectivity index (χ0) is 10.7. The molecule has 0 unspecified atom stereocenters. The van der Waals surface area contributed by atoms with Crippen LogP contribution in [0, 0.1) is 5.92 Å². The van der Waals surface area contributed by atoms with E-state index in [9.17, 15) is 5.11 Å². The van der Waals surface area contributed by atoms with Crippen LogP contribution >= 0.6 is 0 Å². The Morgan fingerprint density at radius 3 is 2.40 bits per heavy atom. The lowest BCUT2D eigenvalue weighted by Gasteiger charge is -2.27. The van der Waals surface area contributed by atoms with E-state index in [1.165, 1.54) is 38.5 Å². The van der Waals surface area contributed by atoms with E-state index in [2.05, 4.69) is 12.2 Å². The summed E-state index contributed by atoms with van der Waals surface area (Å²) < 4.78 is 0. The molecule has 0 radical (unpaired) electrons. The Hall–Kier alpha value is -0.0800. The van der Waals surface area contributed by atoms with Crippen molar-refractivity contribution in [2.24, 2.45) is 5.92 Å². The van der Waals surface area contributed by atoms with Crippen molar-refractivity contribution >= 4 is 0 Å². The van der Waals surface area contributed by atoms with Crippen LogP contribution in [0.1, 0.15) is 58.3 Å². The van der Waals surface area contributed by atoms with E-state index in [0.29, 0.717) is 6.04 Å². The van der Waals surface area contributed by atoms with Crippen molar-refractivity contribution in [1.29, 1.82) is 0 Å². The van der Waals surface area contributed by atoms with Gasteiger partial charge < -0.3 is 10.4 Å². The lowest BCUT2D eigenvalue weighted by molar-refractivity contribution is 0.0433. The predicted molar refractivity (Wildman–Crippen MR) is 62.8 cm³/mol. The van der Waals surface area contributed by atoms with Gasteiger partial charge >= 0.3 is 0 Å². The summed E-state index contributed by atoms with van der Waals surface area (Å²) in [5, 5.41) is 13.8. The van der Waals surface area contributed by atoms with Crippen LogP contribution in [0.25, 0.3) is 0 Å². The van der Waals surface area contributed by atoms with Crippen LogP contribution in [0.3, 0.4) is 0 Å². The summed E-state index contributed by atoms with van der Waals surface area (Å²) in [4.78, 5) is 0. The zero-order valence-electron chi connectivity index (χ0n) is 9.97. The van der Waals surface area contributed by atoms with Crippen molar-refractivity contribution in [3.8, 4) is 0 Å². The number of rotatable bonds is 4. The third-order valence-electron chi connectivity index (χ3n) is 4.39. The summed E-state index contributed by atoms with van der Waals surface area (Å²) in [5.74, 6) is 0.856. The fraction of sp³-hybridized carbons (Fsp3) is 1.00. The smallest absolute Gasteiger partial charge is 0.0771 e. The molecule has 0 aliphatic heterocycles. The molecule has 0 amide bonds. The van der Waals surface area contributed by atoms with Gasteiger partial charge in [-0.2, -0.15) is 0 Å². The molecule has 0 aromatic carbocycles. The maximum Gasteiger partial charge on any atom is 0.0771 e. The maximum absolute atomic E-state index is 10.2. The number of nitrogens with one attached hydrogen (secondary N) is 1. The largest absolute Gasteiger partial charge is 0.389 e. The van der Waals surface area contributed by atoms with E-state index in [0.717, 1.165) is 25.3 Å². The molecule has 0 heterocycles. The third-order valence-corrected chi connectivity index (χ3v) is 4.39. The molecule has 2 nitrogen and oxygen atoms in total. The van der Waals surface area contributed by atoms with Crippen molar-refractivity contribution < 1.29 is 5.11 Å². The maximum atomic E-state index is 10.2. The standard InChI is InChI=1S/C13H25NO/c1-11(12-6-2-3-7-12)14-10-13(15)8-4-5-9-13/h11-12,14-15H,2-10H2,1H3/t11-/m1/s1. The first-order valence-electron chi connectivity index (χ1n) is 6.65. The number of hydrogen-bond donors (Lipinski definition) is 2.